The molecule has 1 saturated heterocycles. The highest BCUT2D eigenvalue weighted by Crippen LogP contribution is 2.24. The standard InChI is InChI=1S/C17H20FN3O3/c1-11-3-4-12(18)13(9-11)21-10-14(22)15(20-21)16(23)19-17(2)5-7-24-8-6-17/h3-4,9-10,22H,5-8H2,1-2H3,(H,19,23). The van der Waals surface area contributed by atoms with Crippen molar-refractivity contribution in [3.8, 4) is 11.4 Å². The fraction of sp³-hybridized carbons (Fsp3) is 0.412. The topological polar surface area (TPSA) is 76.4 Å². The maximum Gasteiger partial charge on any atom is 0.276 e. The lowest BCUT2D eigenvalue weighted by atomic mass is 9.92. The molecule has 0 radical (unpaired) electrons. The van der Waals surface area contributed by atoms with E-state index in [4.69, 9.17) is 4.74 Å². The molecule has 0 atom stereocenters. The molecule has 0 unspecified atom stereocenters. The van der Waals surface area contributed by atoms with Gasteiger partial charge in [-0.05, 0) is 44.4 Å². The molecule has 24 heavy (non-hydrogen) atoms. The highest BCUT2D eigenvalue weighted by atomic mass is 19.1. The number of nitrogens with one attached hydrogen (secondary N) is 1. The van der Waals surface area contributed by atoms with Gasteiger partial charge in [-0.25, -0.2) is 9.07 Å². The van der Waals surface area contributed by atoms with Gasteiger partial charge in [0.15, 0.2) is 11.4 Å². The quantitative estimate of drug-likeness (QED) is 0.904. The van der Waals surface area contributed by atoms with Crippen molar-refractivity contribution in [2.45, 2.75) is 32.2 Å². The summed E-state index contributed by atoms with van der Waals surface area (Å²) in [6.45, 7) is 4.91. The lowest BCUT2D eigenvalue weighted by Crippen LogP contribution is -2.49. The number of hydrogen-bond donors (Lipinski definition) is 2. The van der Waals surface area contributed by atoms with Crippen LogP contribution in [0, 0.1) is 12.7 Å². The highest BCUT2D eigenvalue weighted by molar-refractivity contribution is 5.95. The highest BCUT2D eigenvalue weighted by Gasteiger charge is 2.31. The van der Waals surface area contributed by atoms with Crippen LogP contribution in [0.3, 0.4) is 0 Å². The first-order chi connectivity index (χ1) is 11.4. The van der Waals surface area contributed by atoms with Gasteiger partial charge in [-0.2, -0.15) is 5.10 Å². The predicted octanol–water partition coefficient (Wildman–Crippen LogP) is 2.32. The molecule has 1 aliphatic rings. The maximum absolute atomic E-state index is 14.0. The zero-order valence-corrected chi connectivity index (χ0v) is 13.7. The number of nitrogens with zero attached hydrogens (tertiary/aromatic N) is 2. The summed E-state index contributed by atoms with van der Waals surface area (Å²) in [5, 5.41) is 17.0. The van der Waals surface area contributed by atoms with Crippen LogP contribution in [0.1, 0.15) is 35.8 Å². The minimum atomic E-state index is -0.483. The number of rotatable bonds is 3. The summed E-state index contributed by atoms with van der Waals surface area (Å²) in [6.07, 6.45) is 2.61. The van der Waals surface area contributed by atoms with E-state index in [1.807, 2.05) is 13.8 Å². The van der Waals surface area contributed by atoms with Gasteiger partial charge < -0.3 is 15.2 Å². The normalized spacial score (nSPS) is 16.8. The van der Waals surface area contributed by atoms with Crippen molar-refractivity contribution in [2.75, 3.05) is 13.2 Å². The maximum atomic E-state index is 14.0. The van der Waals surface area contributed by atoms with Crippen molar-refractivity contribution in [1.29, 1.82) is 0 Å². The van der Waals surface area contributed by atoms with Crippen molar-refractivity contribution in [2.24, 2.45) is 0 Å². The van der Waals surface area contributed by atoms with Crippen molar-refractivity contribution >= 4 is 5.91 Å². The minimum absolute atomic E-state index is 0.122. The Labute approximate surface area is 139 Å². The molecule has 1 aliphatic heterocycles. The van der Waals surface area contributed by atoms with Gasteiger partial charge in [0.2, 0.25) is 0 Å². The Balaban J connectivity index is 1.86. The average molecular weight is 333 g/mol. The number of carbonyl (C=O) groups excluding carboxylic acids is 1. The number of ether oxygens (including phenoxy) is 1. The van der Waals surface area contributed by atoms with Crippen LogP contribution in [-0.4, -0.2) is 39.5 Å². The number of halogens is 1. The first kappa shape index (κ1) is 16.4. The van der Waals surface area contributed by atoms with E-state index in [0.29, 0.717) is 26.1 Å². The van der Waals surface area contributed by atoms with Gasteiger partial charge in [-0.1, -0.05) is 6.07 Å². The van der Waals surface area contributed by atoms with Crippen molar-refractivity contribution < 1.29 is 19.0 Å². The Morgan fingerprint density at radius 3 is 2.83 bits per heavy atom. The molecule has 3 rings (SSSR count). The average Bonchev–Trinajstić information content (AvgIpc) is 2.92. The van der Waals surface area contributed by atoms with Crippen molar-refractivity contribution in [3.63, 3.8) is 0 Å². The Morgan fingerprint density at radius 1 is 1.42 bits per heavy atom. The number of aryl methyl sites for hydroxylation is 1. The first-order valence-electron chi connectivity index (χ1n) is 7.83. The zero-order valence-electron chi connectivity index (χ0n) is 13.7. The van der Waals surface area contributed by atoms with Crippen LogP contribution in [0.4, 0.5) is 4.39 Å². The molecule has 1 amide bonds. The van der Waals surface area contributed by atoms with Crippen LogP contribution in [-0.2, 0) is 4.74 Å². The van der Waals surface area contributed by atoms with Gasteiger partial charge in [0.25, 0.3) is 5.91 Å². The molecule has 0 aliphatic carbocycles. The fourth-order valence-electron chi connectivity index (χ4n) is 2.73. The molecule has 0 bridgehead atoms. The summed E-state index contributed by atoms with van der Waals surface area (Å²) in [6, 6.07) is 4.57. The zero-order chi connectivity index (χ0) is 17.3. The Kier molecular flexibility index (Phi) is 4.28. The molecule has 2 N–H and O–H groups in total. The third kappa shape index (κ3) is 3.26. The van der Waals surface area contributed by atoms with E-state index < -0.39 is 17.3 Å². The fourth-order valence-corrected chi connectivity index (χ4v) is 2.73. The minimum Gasteiger partial charge on any atom is -0.504 e. The van der Waals surface area contributed by atoms with Crippen molar-refractivity contribution in [1.82, 2.24) is 15.1 Å². The largest absolute Gasteiger partial charge is 0.504 e. The molecular weight excluding hydrogens is 313 g/mol. The summed E-state index contributed by atoms with van der Waals surface area (Å²) in [4.78, 5) is 12.5. The second-order valence-corrected chi connectivity index (χ2v) is 6.39. The molecular formula is C17H20FN3O3. The molecule has 1 aromatic carbocycles. The Bertz CT molecular complexity index is 766. The third-order valence-corrected chi connectivity index (χ3v) is 4.27. The van der Waals surface area contributed by atoms with Crippen LogP contribution in [0.2, 0.25) is 0 Å². The van der Waals surface area contributed by atoms with E-state index in [0.717, 1.165) is 5.56 Å². The number of aromatic nitrogens is 2. The number of hydrogen-bond acceptors (Lipinski definition) is 4. The van der Waals surface area contributed by atoms with E-state index >= 15 is 0 Å². The summed E-state index contributed by atoms with van der Waals surface area (Å²) in [7, 11) is 0. The third-order valence-electron chi connectivity index (χ3n) is 4.27. The first-order valence-corrected chi connectivity index (χ1v) is 7.83. The summed E-state index contributed by atoms with van der Waals surface area (Å²) >= 11 is 0. The van der Waals surface area contributed by atoms with Crippen LogP contribution < -0.4 is 5.32 Å². The van der Waals surface area contributed by atoms with Gasteiger partial charge in [-0.15, -0.1) is 0 Å². The molecule has 0 spiro atoms. The number of amides is 1. The monoisotopic (exact) mass is 333 g/mol. The molecule has 0 saturated carbocycles. The van der Waals surface area contributed by atoms with E-state index in [9.17, 15) is 14.3 Å². The molecule has 1 aromatic heterocycles. The van der Waals surface area contributed by atoms with E-state index in [2.05, 4.69) is 10.4 Å². The van der Waals surface area contributed by atoms with Crippen LogP contribution in [0.25, 0.3) is 5.69 Å². The smallest absolute Gasteiger partial charge is 0.276 e. The van der Waals surface area contributed by atoms with E-state index in [1.165, 1.54) is 16.9 Å². The van der Waals surface area contributed by atoms with Crippen LogP contribution in [0.15, 0.2) is 24.4 Å². The number of aromatic hydroxyl groups is 1. The summed E-state index contributed by atoms with van der Waals surface area (Å²) < 4.78 is 20.5. The molecule has 2 heterocycles. The van der Waals surface area contributed by atoms with E-state index in [1.54, 1.807) is 12.1 Å². The van der Waals surface area contributed by atoms with Gasteiger partial charge in [0, 0.05) is 18.8 Å². The second kappa shape index (κ2) is 6.24. The molecule has 128 valence electrons. The molecule has 1 fully saturated rings. The van der Waals surface area contributed by atoms with E-state index in [-0.39, 0.29) is 17.1 Å². The van der Waals surface area contributed by atoms with Crippen LogP contribution >= 0.6 is 0 Å². The molecule has 7 heteroatoms. The predicted molar refractivity (Wildman–Crippen MR) is 85.8 cm³/mol. The second-order valence-electron chi connectivity index (χ2n) is 6.39. The lowest BCUT2D eigenvalue weighted by molar-refractivity contribution is 0.0420. The summed E-state index contributed by atoms with van der Waals surface area (Å²) in [5.41, 5.74) is 0.507. The van der Waals surface area contributed by atoms with Crippen LogP contribution in [0.5, 0.6) is 5.75 Å². The number of carbonyl (C=O) groups is 1. The molecule has 6 nitrogen and oxygen atoms in total. The number of benzene rings is 1. The lowest BCUT2D eigenvalue weighted by Gasteiger charge is -2.34. The SMILES string of the molecule is Cc1ccc(F)c(-n2cc(O)c(C(=O)NC3(C)CCOCC3)n2)c1. The van der Waals surface area contributed by atoms with Gasteiger partial charge in [0.05, 0.1) is 6.20 Å². The molecule has 2 aromatic rings. The van der Waals surface area contributed by atoms with Gasteiger partial charge in [0.1, 0.15) is 11.5 Å². The summed E-state index contributed by atoms with van der Waals surface area (Å²) in [5.74, 6) is -1.25. The Hall–Kier alpha value is -2.41. The van der Waals surface area contributed by atoms with Gasteiger partial charge in [-0.3, -0.25) is 4.79 Å². The van der Waals surface area contributed by atoms with Crippen molar-refractivity contribution in [3.05, 3.63) is 41.5 Å². The van der Waals surface area contributed by atoms with Gasteiger partial charge >= 0.3 is 0 Å². The Morgan fingerprint density at radius 2 is 2.12 bits per heavy atom.